The Morgan fingerprint density at radius 2 is 1.79 bits per heavy atom. The van der Waals surface area contributed by atoms with Gasteiger partial charge >= 0.3 is 0 Å². The molecular formula is C13H18O. The molecule has 0 atom stereocenters. The fourth-order valence-electron chi connectivity index (χ4n) is 1.61. The molecule has 0 bridgehead atoms. The molecule has 0 unspecified atom stereocenters. The van der Waals surface area contributed by atoms with Crippen LogP contribution in [0.5, 0.6) is 0 Å². The quantitative estimate of drug-likeness (QED) is 0.711. The van der Waals surface area contributed by atoms with Gasteiger partial charge in [0.2, 0.25) is 0 Å². The molecule has 0 aliphatic carbocycles. The molecule has 0 fully saturated rings. The van der Waals surface area contributed by atoms with Crippen LogP contribution < -0.4 is 0 Å². The fraction of sp³-hybridized carbons (Fsp3) is 0.462. The van der Waals surface area contributed by atoms with Crippen LogP contribution in [-0.2, 0) is 10.2 Å². The third kappa shape index (κ3) is 2.69. The van der Waals surface area contributed by atoms with Gasteiger partial charge in [-0.05, 0) is 11.0 Å². The van der Waals surface area contributed by atoms with Crippen LogP contribution in [0.1, 0.15) is 39.2 Å². The number of hydrogen-bond acceptors (Lipinski definition) is 1. The van der Waals surface area contributed by atoms with E-state index >= 15 is 0 Å². The lowest BCUT2D eigenvalue weighted by atomic mass is 9.80. The Hall–Kier alpha value is -1.11. The van der Waals surface area contributed by atoms with E-state index in [4.69, 9.17) is 0 Å². The first-order valence-electron chi connectivity index (χ1n) is 5.13. The molecule has 0 saturated heterocycles. The molecule has 0 spiro atoms. The number of Topliss-reactive ketones (excluding diaryl/α,β-unsaturated/α-hetero) is 1. The summed E-state index contributed by atoms with van der Waals surface area (Å²) in [6.07, 6.45) is 1.27. The lowest BCUT2D eigenvalue weighted by Crippen LogP contribution is -2.21. The zero-order valence-corrected chi connectivity index (χ0v) is 9.21. The molecule has 0 aliphatic rings. The average Bonchev–Trinajstić information content (AvgIpc) is 2.18. The summed E-state index contributed by atoms with van der Waals surface area (Å²) in [6, 6.07) is 10.2. The highest BCUT2D eigenvalue weighted by Crippen LogP contribution is 2.27. The number of carbonyl (C=O) groups is 1. The summed E-state index contributed by atoms with van der Waals surface area (Å²) in [7, 11) is 0. The molecule has 0 saturated carbocycles. The smallest absolute Gasteiger partial charge is 0.133 e. The maximum Gasteiger partial charge on any atom is 0.133 e. The predicted molar refractivity (Wildman–Crippen MR) is 59.4 cm³/mol. The minimum atomic E-state index is -0.0334. The molecule has 0 heterocycles. The molecule has 0 amide bonds. The number of rotatable bonds is 4. The van der Waals surface area contributed by atoms with Crippen molar-refractivity contribution in [2.24, 2.45) is 0 Å². The van der Waals surface area contributed by atoms with Gasteiger partial charge in [-0.2, -0.15) is 0 Å². The molecule has 0 aromatic heterocycles. The standard InChI is InChI=1S/C13H18O/c1-4-12(14)10-13(2,3)11-8-6-5-7-9-11/h5-9H,4,10H2,1-3H3. The Balaban J connectivity index is 2.80. The van der Waals surface area contributed by atoms with Crippen molar-refractivity contribution in [2.75, 3.05) is 0 Å². The number of benzene rings is 1. The van der Waals surface area contributed by atoms with E-state index in [-0.39, 0.29) is 5.41 Å². The summed E-state index contributed by atoms with van der Waals surface area (Å²) < 4.78 is 0. The van der Waals surface area contributed by atoms with Crippen LogP contribution in [0.25, 0.3) is 0 Å². The summed E-state index contributed by atoms with van der Waals surface area (Å²) >= 11 is 0. The maximum absolute atomic E-state index is 11.4. The van der Waals surface area contributed by atoms with Gasteiger partial charge in [0.15, 0.2) is 0 Å². The topological polar surface area (TPSA) is 17.1 Å². The Kier molecular flexibility index (Phi) is 3.45. The number of hydrogen-bond donors (Lipinski definition) is 0. The molecular weight excluding hydrogens is 172 g/mol. The van der Waals surface area contributed by atoms with Crippen LogP contribution in [0.3, 0.4) is 0 Å². The molecule has 0 radical (unpaired) electrons. The van der Waals surface area contributed by atoms with Crippen molar-refractivity contribution in [2.45, 2.75) is 39.0 Å². The Morgan fingerprint density at radius 3 is 2.29 bits per heavy atom. The summed E-state index contributed by atoms with van der Waals surface area (Å²) in [6.45, 7) is 6.16. The second-order valence-electron chi connectivity index (χ2n) is 4.32. The second-order valence-corrected chi connectivity index (χ2v) is 4.32. The summed E-state index contributed by atoms with van der Waals surface area (Å²) in [5, 5.41) is 0. The fourth-order valence-corrected chi connectivity index (χ4v) is 1.61. The van der Waals surface area contributed by atoms with E-state index < -0.39 is 0 Å². The van der Waals surface area contributed by atoms with Crippen LogP contribution >= 0.6 is 0 Å². The molecule has 1 aromatic carbocycles. The Morgan fingerprint density at radius 1 is 1.21 bits per heavy atom. The van der Waals surface area contributed by atoms with Crippen molar-refractivity contribution < 1.29 is 4.79 Å². The normalized spacial score (nSPS) is 11.4. The van der Waals surface area contributed by atoms with E-state index in [1.54, 1.807) is 0 Å². The van der Waals surface area contributed by atoms with Gasteiger partial charge in [0, 0.05) is 12.8 Å². The average molecular weight is 190 g/mol. The minimum absolute atomic E-state index is 0.0334. The highest BCUT2D eigenvalue weighted by Gasteiger charge is 2.22. The zero-order chi connectivity index (χ0) is 10.6. The molecule has 14 heavy (non-hydrogen) atoms. The first-order chi connectivity index (χ1) is 6.56. The van der Waals surface area contributed by atoms with E-state index in [2.05, 4.69) is 26.0 Å². The lowest BCUT2D eigenvalue weighted by molar-refractivity contribution is -0.119. The van der Waals surface area contributed by atoms with Crippen LogP contribution in [0.2, 0.25) is 0 Å². The monoisotopic (exact) mass is 190 g/mol. The van der Waals surface area contributed by atoms with Crippen molar-refractivity contribution in [3.63, 3.8) is 0 Å². The van der Waals surface area contributed by atoms with Gasteiger partial charge in [-0.1, -0.05) is 51.1 Å². The highest BCUT2D eigenvalue weighted by molar-refractivity contribution is 5.79. The predicted octanol–water partition coefficient (Wildman–Crippen LogP) is 3.33. The van der Waals surface area contributed by atoms with Gasteiger partial charge in [0.05, 0.1) is 0 Å². The minimum Gasteiger partial charge on any atom is -0.300 e. The van der Waals surface area contributed by atoms with Crippen LogP contribution in [0.15, 0.2) is 30.3 Å². The highest BCUT2D eigenvalue weighted by atomic mass is 16.1. The van der Waals surface area contributed by atoms with E-state index in [1.165, 1.54) is 5.56 Å². The summed E-state index contributed by atoms with van der Waals surface area (Å²) in [5.74, 6) is 0.332. The van der Waals surface area contributed by atoms with E-state index in [0.717, 1.165) is 0 Å². The second kappa shape index (κ2) is 4.41. The largest absolute Gasteiger partial charge is 0.300 e. The first kappa shape index (κ1) is 11.0. The van der Waals surface area contributed by atoms with Crippen molar-refractivity contribution >= 4 is 5.78 Å². The van der Waals surface area contributed by atoms with Crippen molar-refractivity contribution in [3.8, 4) is 0 Å². The molecule has 1 heteroatoms. The van der Waals surface area contributed by atoms with Gasteiger partial charge in [0.1, 0.15) is 5.78 Å². The van der Waals surface area contributed by atoms with Gasteiger partial charge < -0.3 is 0 Å². The SMILES string of the molecule is CCC(=O)CC(C)(C)c1ccccc1. The van der Waals surface area contributed by atoms with E-state index in [0.29, 0.717) is 18.6 Å². The van der Waals surface area contributed by atoms with Crippen LogP contribution in [-0.4, -0.2) is 5.78 Å². The molecule has 1 nitrogen and oxygen atoms in total. The summed E-state index contributed by atoms with van der Waals surface area (Å²) in [5.41, 5.74) is 1.20. The van der Waals surface area contributed by atoms with Gasteiger partial charge in [-0.15, -0.1) is 0 Å². The van der Waals surface area contributed by atoms with Crippen molar-refractivity contribution in [1.82, 2.24) is 0 Å². The first-order valence-corrected chi connectivity index (χ1v) is 5.13. The Labute approximate surface area is 86.1 Å². The third-order valence-electron chi connectivity index (χ3n) is 2.59. The van der Waals surface area contributed by atoms with Gasteiger partial charge in [-0.25, -0.2) is 0 Å². The molecule has 0 aliphatic heterocycles. The maximum atomic E-state index is 11.4. The third-order valence-corrected chi connectivity index (χ3v) is 2.59. The van der Waals surface area contributed by atoms with Crippen LogP contribution in [0.4, 0.5) is 0 Å². The molecule has 0 N–H and O–H groups in total. The van der Waals surface area contributed by atoms with Gasteiger partial charge in [0.25, 0.3) is 0 Å². The number of carbonyl (C=O) groups excluding carboxylic acids is 1. The number of ketones is 1. The Bertz CT molecular complexity index is 298. The lowest BCUT2D eigenvalue weighted by Gasteiger charge is -2.24. The molecule has 1 rings (SSSR count). The van der Waals surface area contributed by atoms with E-state index in [9.17, 15) is 4.79 Å². The van der Waals surface area contributed by atoms with Gasteiger partial charge in [-0.3, -0.25) is 4.79 Å². The van der Waals surface area contributed by atoms with E-state index in [1.807, 2.05) is 25.1 Å². The van der Waals surface area contributed by atoms with Crippen molar-refractivity contribution in [1.29, 1.82) is 0 Å². The zero-order valence-electron chi connectivity index (χ0n) is 9.21. The van der Waals surface area contributed by atoms with Crippen molar-refractivity contribution in [3.05, 3.63) is 35.9 Å². The molecule has 1 aromatic rings. The summed E-state index contributed by atoms with van der Waals surface area (Å²) in [4.78, 5) is 11.4. The van der Waals surface area contributed by atoms with Crippen LogP contribution in [0, 0.1) is 0 Å². The molecule has 76 valence electrons.